The van der Waals surface area contributed by atoms with Crippen molar-refractivity contribution in [2.45, 2.75) is 0 Å². The molecule has 1 aromatic heterocycles. The molecule has 0 radical (unpaired) electrons. The Balaban J connectivity index is 1.29. The monoisotopic (exact) mass is 526 g/mol. The van der Waals surface area contributed by atoms with Gasteiger partial charge >= 0.3 is 0 Å². The minimum atomic E-state index is 0.908. The Labute approximate surface area is 238 Å². The van der Waals surface area contributed by atoms with Crippen LogP contribution in [0.25, 0.3) is 38.6 Å². The summed E-state index contributed by atoms with van der Waals surface area (Å²) >= 11 is 0. The number of rotatable bonds is 3. The van der Waals surface area contributed by atoms with Crippen LogP contribution in [0.1, 0.15) is 11.1 Å². The first kappa shape index (κ1) is 23.4. The summed E-state index contributed by atoms with van der Waals surface area (Å²) in [5.41, 5.74) is 11.7. The standard InChI is InChI=1S/C38H26N2O/c1-26-31-13-5-8-16-35(31)39(29-11-3-2-4-12-29)40(36-17-9-6-14-32(26)36)30-22-19-27(20-23-30)28-21-24-38-34(25-28)33-15-7-10-18-37(33)41-38/h2-25H,1H2. The van der Waals surface area contributed by atoms with E-state index in [1.807, 2.05) is 12.1 Å². The van der Waals surface area contributed by atoms with Crippen molar-refractivity contribution in [3.8, 4) is 11.1 Å². The van der Waals surface area contributed by atoms with Crippen molar-refractivity contribution in [1.29, 1.82) is 0 Å². The van der Waals surface area contributed by atoms with Crippen LogP contribution in [-0.4, -0.2) is 0 Å². The van der Waals surface area contributed by atoms with Gasteiger partial charge in [-0.05, 0) is 71.3 Å². The average Bonchev–Trinajstić information content (AvgIpc) is 3.37. The van der Waals surface area contributed by atoms with Crippen LogP contribution in [0, 0.1) is 0 Å². The Morgan fingerprint density at radius 3 is 1.68 bits per heavy atom. The molecule has 0 fully saturated rings. The average molecular weight is 527 g/mol. The highest BCUT2D eigenvalue weighted by Crippen LogP contribution is 2.47. The van der Waals surface area contributed by atoms with Crippen LogP contribution in [0.15, 0.2) is 157 Å². The molecule has 3 heteroatoms. The maximum Gasteiger partial charge on any atom is 0.135 e. The molecule has 0 amide bonds. The fraction of sp³-hybridized carbons (Fsp3) is 0. The van der Waals surface area contributed by atoms with Gasteiger partial charge in [-0.2, -0.15) is 0 Å². The van der Waals surface area contributed by atoms with Crippen LogP contribution in [-0.2, 0) is 0 Å². The van der Waals surface area contributed by atoms with E-state index in [0.29, 0.717) is 0 Å². The molecule has 7 aromatic rings. The molecular formula is C38H26N2O. The van der Waals surface area contributed by atoms with E-state index in [4.69, 9.17) is 4.42 Å². The second-order valence-corrected chi connectivity index (χ2v) is 10.3. The van der Waals surface area contributed by atoms with Gasteiger partial charge in [0.25, 0.3) is 0 Å². The minimum absolute atomic E-state index is 0.908. The third-order valence-corrected chi connectivity index (χ3v) is 7.94. The van der Waals surface area contributed by atoms with E-state index in [0.717, 1.165) is 72.5 Å². The van der Waals surface area contributed by atoms with Gasteiger partial charge in [0.15, 0.2) is 0 Å². The molecule has 0 saturated carbocycles. The molecule has 1 aliphatic heterocycles. The molecular weight excluding hydrogens is 500 g/mol. The van der Waals surface area contributed by atoms with Gasteiger partial charge in [0.1, 0.15) is 11.2 Å². The molecule has 0 spiro atoms. The number of furan rings is 1. The van der Waals surface area contributed by atoms with Crippen molar-refractivity contribution < 1.29 is 4.42 Å². The Morgan fingerprint density at radius 1 is 0.439 bits per heavy atom. The van der Waals surface area contributed by atoms with Crippen LogP contribution < -0.4 is 10.0 Å². The first-order chi connectivity index (χ1) is 20.3. The summed E-state index contributed by atoms with van der Waals surface area (Å²) in [6, 6.07) is 51.0. The predicted molar refractivity (Wildman–Crippen MR) is 171 cm³/mol. The molecule has 2 heterocycles. The lowest BCUT2D eigenvalue weighted by atomic mass is 9.97. The molecule has 8 rings (SSSR count). The summed E-state index contributed by atoms with van der Waals surface area (Å²) in [5, 5.41) is 6.87. The second-order valence-electron chi connectivity index (χ2n) is 10.3. The molecule has 0 atom stereocenters. The molecule has 194 valence electrons. The van der Waals surface area contributed by atoms with Crippen molar-refractivity contribution in [1.82, 2.24) is 0 Å². The smallest absolute Gasteiger partial charge is 0.135 e. The van der Waals surface area contributed by atoms with Gasteiger partial charge in [0.2, 0.25) is 0 Å². The first-order valence-electron chi connectivity index (χ1n) is 13.8. The summed E-state index contributed by atoms with van der Waals surface area (Å²) in [6.07, 6.45) is 0. The fourth-order valence-corrected chi connectivity index (χ4v) is 5.97. The summed E-state index contributed by atoms with van der Waals surface area (Å²) in [5.74, 6) is 0. The van der Waals surface area contributed by atoms with Crippen LogP contribution in [0.2, 0.25) is 0 Å². The van der Waals surface area contributed by atoms with Crippen molar-refractivity contribution >= 4 is 50.3 Å². The van der Waals surface area contributed by atoms with Gasteiger partial charge in [-0.25, -0.2) is 10.0 Å². The fourth-order valence-electron chi connectivity index (χ4n) is 5.97. The predicted octanol–water partition coefficient (Wildman–Crippen LogP) is 10.5. The van der Waals surface area contributed by atoms with Crippen molar-refractivity contribution in [3.05, 3.63) is 163 Å². The number of hydrogen-bond acceptors (Lipinski definition) is 3. The summed E-state index contributed by atoms with van der Waals surface area (Å²) in [6.45, 7) is 4.55. The third-order valence-electron chi connectivity index (χ3n) is 7.94. The maximum atomic E-state index is 6.06. The molecule has 0 bridgehead atoms. The number of hydrogen-bond donors (Lipinski definition) is 0. The quantitative estimate of drug-likeness (QED) is 0.228. The topological polar surface area (TPSA) is 19.6 Å². The van der Waals surface area contributed by atoms with E-state index in [2.05, 4.69) is 150 Å². The Morgan fingerprint density at radius 2 is 0.976 bits per heavy atom. The molecule has 6 aromatic carbocycles. The number of para-hydroxylation sites is 4. The van der Waals surface area contributed by atoms with Gasteiger partial charge in [0, 0.05) is 21.9 Å². The van der Waals surface area contributed by atoms with E-state index in [9.17, 15) is 0 Å². The minimum Gasteiger partial charge on any atom is -0.456 e. The number of fused-ring (bicyclic) bond motifs is 5. The number of anilines is 4. The Hall–Kier alpha value is -5.54. The normalized spacial score (nSPS) is 12.8. The molecule has 0 unspecified atom stereocenters. The van der Waals surface area contributed by atoms with Crippen LogP contribution in [0.3, 0.4) is 0 Å². The Kier molecular flexibility index (Phi) is 5.29. The van der Waals surface area contributed by atoms with Crippen molar-refractivity contribution in [2.24, 2.45) is 0 Å². The number of benzene rings is 6. The van der Waals surface area contributed by atoms with Gasteiger partial charge in [-0.15, -0.1) is 0 Å². The molecule has 0 saturated heterocycles. The van der Waals surface area contributed by atoms with Crippen molar-refractivity contribution in [3.63, 3.8) is 0 Å². The van der Waals surface area contributed by atoms with E-state index >= 15 is 0 Å². The van der Waals surface area contributed by atoms with Gasteiger partial charge < -0.3 is 4.42 Å². The summed E-state index contributed by atoms with van der Waals surface area (Å²) in [7, 11) is 0. The largest absolute Gasteiger partial charge is 0.456 e. The zero-order valence-corrected chi connectivity index (χ0v) is 22.4. The lowest BCUT2D eigenvalue weighted by Gasteiger charge is -2.38. The van der Waals surface area contributed by atoms with Gasteiger partial charge in [-0.1, -0.05) is 97.6 Å². The highest BCUT2D eigenvalue weighted by molar-refractivity contribution is 6.06. The molecule has 0 N–H and O–H groups in total. The number of hydrazine groups is 1. The maximum absolute atomic E-state index is 6.06. The van der Waals surface area contributed by atoms with E-state index in [-0.39, 0.29) is 0 Å². The third kappa shape index (κ3) is 3.75. The van der Waals surface area contributed by atoms with E-state index in [1.54, 1.807) is 0 Å². The van der Waals surface area contributed by atoms with Gasteiger partial charge in [0.05, 0.1) is 22.7 Å². The molecule has 41 heavy (non-hydrogen) atoms. The van der Waals surface area contributed by atoms with Crippen LogP contribution in [0.4, 0.5) is 22.7 Å². The lowest BCUT2D eigenvalue weighted by Crippen LogP contribution is -2.35. The summed E-state index contributed by atoms with van der Waals surface area (Å²) in [4.78, 5) is 0. The highest BCUT2D eigenvalue weighted by atomic mass is 16.3. The zero-order valence-electron chi connectivity index (χ0n) is 22.4. The van der Waals surface area contributed by atoms with Crippen molar-refractivity contribution in [2.75, 3.05) is 10.0 Å². The SMILES string of the molecule is C=C1c2ccccc2N(c2ccccc2)N(c2ccc(-c3ccc4oc5ccccc5c4c3)cc2)c2ccccc21. The molecule has 3 nitrogen and oxygen atoms in total. The second kappa shape index (κ2) is 9.29. The number of nitrogens with zero attached hydrogens (tertiary/aromatic N) is 2. The molecule has 0 aliphatic carbocycles. The van der Waals surface area contributed by atoms with E-state index in [1.165, 1.54) is 0 Å². The van der Waals surface area contributed by atoms with E-state index < -0.39 is 0 Å². The lowest BCUT2D eigenvalue weighted by molar-refractivity contribution is 0.669. The van der Waals surface area contributed by atoms with Gasteiger partial charge in [-0.3, -0.25) is 0 Å². The zero-order chi connectivity index (χ0) is 27.3. The van der Waals surface area contributed by atoms with Crippen LogP contribution >= 0.6 is 0 Å². The highest BCUT2D eigenvalue weighted by Gasteiger charge is 2.30. The Bertz CT molecular complexity index is 2070. The molecule has 1 aliphatic rings. The summed E-state index contributed by atoms with van der Waals surface area (Å²) < 4.78 is 6.06. The first-order valence-corrected chi connectivity index (χ1v) is 13.8. The van der Waals surface area contributed by atoms with Crippen LogP contribution in [0.5, 0.6) is 0 Å².